The van der Waals surface area contributed by atoms with Gasteiger partial charge in [0.1, 0.15) is 17.6 Å². The molecule has 0 fully saturated rings. The van der Waals surface area contributed by atoms with Gasteiger partial charge in [-0.1, -0.05) is 6.07 Å². The summed E-state index contributed by atoms with van der Waals surface area (Å²) in [7, 11) is 0. The number of nitrogens with zero attached hydrogens (tertiary/aromatic N) is 2. The highest BCUT2D eigenvalue weighted by Gasteiger charge is 2.21. The lowest BCUT2D eigenvalue weighted by Crippen LogP contribution is -2.37. The van der Waals surface area contributed by atoms with E-state index in [0.717, 1.165) is 47.4 Å². The minimum absolute atomic E-state index is 0.212. The van der Waals surface area contributed by atoms with Crippen molar-refractivity contribution in [2.24, 2.45) is 4.99 Å². The van der Waals surface area contributed by atoms with E-state index in [1.807, 2.05) is 32.0 Å². The molecule has 6 nitrogen and oxygen atoms in total. The van der Waals surface area contributed by atoms with Gasteiger partial charge >= 0.3 is 0 Å². The summed E-state index contributed by atoms with van der Waals surface area (Å²) in [6, 6.07) is 10.2. The molecule has 1 aliphatic heterocycles. The van der Waals surface area contributed by atoms with E-state index in [1.54, 1.807) is 0 Å². The number of rotatable bonds is 7. The maximum absolute atomic E-state index is 5.91. The molecule has 0 radical (unpaired) electrons. The maximum atomic E-state index is 5.91. The zero-order valence-corrected chi connectivity index (χ0v) is 17.2. The summed E-state index contributed by atoms with van der Waals surface area (Å²) in [6.45, 7) is 10.7. The van der Waals surface area contributed by atoms with Crippen LogP contribution in [0.5, 0.6) is 11.5 Å². The molecule has 2 aromatic rings. The van der Waals surface area contributed by atoms with Crippen molar-refractivity contribution in [3.8, 4) is 11.5 Å². The SMILES string of the molecule is CCNC(=NCc1cc2c(cc1OCC)CC(C)O2)NCc1cccc(C)n1. The quantitative estimate of drug-likeness (QED) is 0.568. The third kappa shape index (κ3) is 5.15. The standard InChI is InChI=1S/C22H30N4O2/c1-5-23-22(25-14-19-9-7-8-15(3)26-19)24-13-18-12-21-17(10-16(4)28-21)11-20(18)27-6-2/h7-9,11-12,16H,5-6,10,13-14H2,1-4H3,(H2,23,24,25). The van der Waals surface area contributed by atoms with E-state index in [2.05, 4.69) is 41.6 Å². The van der Waals surface area contributed by atoms with Crippen LogP contribution in [0.2, 0.25) is 0 Å². The summed E-state index contributed by atoms with van der Waals surface area (Å²) in [5.74, 6) is 2.59. The fourth-order valence-corrected chi connectivity index (χ4v) is 3.27. The van der Waals surface area contributed by atoms with E-state index < -0.39 is 0 Å². The average Bonchev–Trinajstić information content (AvgIpc) is 3.03. The topological polar surface area (TPSA) is 67.8 Å². The molecule has 0 saturated carbocycles. The van der Waals surface area contributed by atoms with Gasteiger partial charge in [0.2, 0.25) is 0 Å². The van der Waals surface area contributed by atoms with Gasteiger partial charge in [-0.25, -0.2) is 4.99 Å². The van der Waals surface area contributed by atoms with Crippen LogP contribution in [0, 0.1) is 6.92 Å². The molecule has 1 aliphatic rings. The predicted octanol–water partition coefficient (Wildman–Crippen LogP) is 3.37. The minimum Gasteiger partial charge on any atom is -0.494 e. The average molecular weight is 383 g/mol. The number of fused-ring (bicyclic) bond motifs is 1. The monoisotopic (exact) mass is 382 g/mol. The first kappa shape index (κ1) is 20.0. The van der Waals surface area contributed by atoms with Crippen molar-refractivity contribution < 1.29 is 9.47 Å². The molecule has 0 amide bonds. The van der Waals surface area contributed by atoms with Crippen molar-refractivity contribution in [3.05, 3.63) is 52.8 Å². The van der Waals surface area contributed by atoms with E-state index in [9.17, 15) is 0 Å². The molecule has 1 aromatic carbocycles. The van der Waals surface area contributed by atoms with Crippen molar-refractivity contribution in [1.29, 1.82) is 0 Å². The Morgan fingerprint density at radius 1 is 1.29 bits per heavy atom. The Hall–Kier alpha value is -2.76. The Bertz CT molecular complexity index is 835. The van der Waals surface area contributed by atoms with Gasteiger partial charge in [-0.15, -0.1) is 0 Å². The van der Waals surface area contributed by atoms with Crippen LogP contribution in [0.4, 0.5) is 0 Å². The van der Waals surface area contributed by atoms with Crippen LogP contribution >= 0.6 is 0 Å². The van der Waals surface area contributed by atoms with Gasteiger partial charge in [0.25, 0.3) is 0 Å². The van der Waals surface area contributed by atoms with E-state index in [-0.39, 0.29) is 6.10 Å². The van der Waals surface area contributed by atoms with Gasteiger partial charge in [0, 0.05) is 29.8 Å². The highest BCUT2D eigenvalue weighted by atomic mass is 16.5. The van der Waals surface area contributed by atoms with Gasteiger partial charge in [-0.05, 0) is 52.0 Å². The van der Waals surface area contributed by atoms with Crippen molar-refractivity contribution in [1.82, 2.24) is 15.6 Å². The van der Waals surface area contributed by atoms with Crippen molar-refractivity contribution >= 4 is 5.96 Å². The summed E-state index contributed by atoms with van der Waals surface area (Å²) < 4.78 is 11.8. The van der Waals surface area contributed by atoms with Crippen LogP contribution in [0.25, 0.3) is 0 Å². The molecule has 6 heteroatoms. The second-order valence-corrected chi connectivity index (χ2v) is 6.95. The fourth-order valence-electron chi connectivity index (χ4n) is 3.27. The van der Waals surface area contributed by atoms with Gasteiger partial charge in [0.05, 0.1) is 25.4 Å². The predicted molar refractivity (Wildman–Crippen MR) is 112 cm³/mol. The van der Waals surface area contributed by atoms with Crippen LogP contribution in [-0.4, -0.2) is 30.2 Å². The lowest BCUT2D eigenvalue weighted by atomic mass is 10.1. The molecule has 150 valence electrons. The largest absolute Gasteiger partial charge is 0.494 e. The minimum atomic E-state index is 0.212. The molecule has 0 bridgehead atoms. The number of aryl methyl sites for hydroxylation is 1. The number of aliphatic imine (C=N–C) groups is 1. The second kappa shape index (κ2) is 9.44. The van der Waals surface area contributed by atoms with Crippen LogP contribution in [-0.2, 0) is 19.5 Å². The molecule has 0 saturated heterocycles. The van der Waals surface area contributed by atoms with Gasteiger partial charge < -0.3 is 20.1 Å². The summed E-state index contributed by atoms with van der Waals surface area (Å²) >= 11 is 0. The van der Waals surface area contributed by atoms with Crippen LogP contribution < -0.4 is 20.1 Å². The number of hydrogen-bond acceptors (Lipinski definition) is 4. The third-order valence-corrected chi connectivity index (χ3v) is 4.51. The number of hydrogen-bond donors (Lipinski definition) is 2. The molecule has 28 heavy (non-hydrogen) atoms. The molecule has 2 heterocycles. The molecular formula is C22H30N4O2. The Morgan fingerprint density at radius 3 is 2.89 bits per heavy atom. The Labute approximate surface area is 167 Å². The van der Waals surface area contributed by atoms with Gasteiger partial charge in [-0.3, -0.25) is 4.98 Å². The molecule has 1 aromatic heterocycles. The van der Waals surface area contributed by atoms with Gasteiger partial charge in [-0.2, -0.15) is 0 Å². The molecule has 0 spiro atoms. The number of pyridine rings is 1. The maximum Gasteiger partial charge on any atom is 0.191 e. The number of nitrogens with one attached hydrogen (secondary N) is 2. The Balaban J connectivity index is 1.74. The first-order valence-electron chi connectivity index (χ1n) is 9.99. The highest BCUT2D eigenvalue weighted by Crippen LogP contribution is 2.35. The molecular weight excluding hydrogens is 352 g/mol. The van der Waals surface area contributed by atoms with E-state index >= 15 is 0 Å². The Morgan fingerprint density at radius 2 is 2.14 bits per heavy atom. The smallest absolute Gasteiger partial charge is 0.191 e. The molecule has 1 unspecified atom stereocenters. The number of guanidine groups is 1. The summed E-state index contributed by atoms with van der Waals surface area (Å²) in [6.07, 6.45) is 1.14. The molecule has 3 rings (SSSR count). The zero-order chi connectivity index (χ0) is 19.9. The highest BCUT2D eigenvalue weighted by molar-refractivity contribution is 5.79. The molecule has 2 N–H and O–H groups in total. The lowest BCUT2D eigenvalue weighted by Gasteiger charge is -2.14. The van der Waals surface area contributed by atoms with E-state index in [0.29, 0.717) is 19.7 Å². The summed E-state index contributed by atoms with van der Waals surface area (Å²) in [5.41, 5.74) is 4.23. The summed E-state index contributed by atoms with van der Waals surface area (Å²) in [4.78, 5) is 9.27. The second-order valence-electron chi connectivity index (χ2n) is 6.95. The number of aromatic nitrogens is 1. The Kier molecular flexibility index (Phi) is 6.74. The summed E-state index contributed by atoms with van der Waals surface area (Å²) in [5, 5.41) is 6.64. The van der Waals surface area contributed by atoms with Crippen molar-refractivity contribution in [2.75, 3.05) is 13.2 Å². The first-order valence-corrected chi connectivity index (χ1v) is 9.99. The lowest BCUT2D eigenvalue weighted by molar-refractivity contribution is 0.254. The number of benzene rings is 1. The zero-order valence-electron chi connectivity index (χ0n) is 17.2. The molecule has 0 aliphatic carbocycles. The first-order chi connectivity index (χ1) is 13.6. The number of ether oxygens (including phenoxy) is 2. The van der Waals surface area contributed by atoms with Crippen molar-refractivity contribution in [3.63, 3.8) is 0 Å². The van der Waals surface area contributed by atoms with Crippen LogP contribution in [0.1, 0.15) is 43.3 Å². The van der Waals surface area contributed by atoms with E-state index in [4.69, 9.17) is 14.5 Å². The van der Waals surface area contributed by atoms with Crippen molar-refractivity contribution in [2.45, 2.75) is 53.3 Å². The normalized spacial score (nSPS) is 15.7. The fraction of sp³-hybridized carbons (Fsp3) is 0.455. The van der Waals surface area contributed by atoms with Crippen LogP contribution in [0.3, 0.4) is 0 Å². The third-order valence-electron chi connectivity index (χ3n) is 4.51. The van der Waals surface area contributed by atoms with E-state index in [1.165, 1.54) is 5.56 Å². The van der Waals surface area contributed by atoms with Crippen LogP contribution in [0.15, 0.2) is 35.3 Å². The van der Waals surface area contributed by atoms with Gasteiger partial charge in [0.15, 0.2) is 5.96 Å². The molecule has 1 atom stereocenters.